The normalized spacial score (nSPS) is 11.4. The van der Waals surface area contributed by atoms with Crippen molar-refractivity contribution >= 4 is 5.91 Å². The van der Waals surface area contributed by atoms with Crippen LogP contribution in [0.15, 0.2) is 28.7 Å². The van der Waals surface area contributed by atoms with Crippen molar-refractivity contribution in [3.63, 3.8) is 0 Å². The molecule has 0 aliphatic heterocycles. The first-order valence-corrected chi connectivity index (χ1v) is 8.20. The zero-order valence-electron chi connectivity index (χ0n) is 15.1. The molecule has 0 bridgehead atoms. The minimum atomic E-state index is -0.0917. The van der Waals surface area contributed by atoms with Crippen molar-refractivity contribution in [2.75, 3.05) is 13.7 Å². The van der Waals surface area contributed by atoms with Crippen molar-refractivity contribution < 1.29 is 13.9 Å². The van der Waals surface area contributed by atoms with Crippen LogP contribution in [0.25, 0.3) is 0 Å². The quantitative estimate of drug-likeness (QED) is 0.821. The zero-order valence-corrected chi connectivity index (χ0v) is 15.1. The maximum Gasteiger partial charge on any atom is 0.251 e. The number of carbonyl (C=O) groups is 1. The number of aromatic nitrogens is 1. The van der Waals surface area contributed by atoms with Gasteiger partial charge >= 0.3 is 0 Å². The second-order valence-corrected chi connectivity index (χ2v) is 6.87. The van der Waals surface area contributed by atoms with Crippen LogP contribution in [0.2, 0.25) is 0 Å². The second kappa shape index (κ2) is 7.51. The summed E-state index contributed by atoms with van der Waals surface area (Å²) in [6.45, 7) is 8.80. The number of hydrogen-bond donors (Lipinski definition) is 1. The average molecular weight is 330 g/mol. The molecule has 1 N–H and O–H groups in total. The number of nitrogens with zero attached hydrogens (tertiary/aromatic N) is 1. The number of carbonyl (C=O) groups excluding carboxylic acids is 1. The molecule has 0 saturated carbocycles. The summed E-state index contributed by atoms with van der Waals surface area (Å²) in [7, 11) is 1.60. The Labute approximate surface area is 143 Å². The molecule has 0 saturated heterocycles. The van der Waals surface area contributed by atoms with E-state index in [2.05, 4.69) is 31.1 Å². The molecule has 0 aliphatic rings. The standard InChI is InChI=1S/C19H26N2O3/c1-13-16(24-18(21-13)19(2,3)4)7-6-12-20-17(22)14-8-10-15(23-5)11-9-14/h8-11H,6-7,12H2,1-5H3,(H,20,22). The van der Waals surface area contributed by atoms with Crippen LogP contribution in [0.3, 0.4) is 0 Å². The third-order valence-corrected chi connectivity index (χ3v) is 3.75. The van der Waals surface area contributed by atoms with Crippen LogP contribution in [-0.4, -0.2) is 24.5 Å². The fraction of sp³-hybridized carbons (Fsp3) is 0.474. The number of methoxy groups -OCH3 is 1. The van der Waals surface area contributed by atoms with Gasteiger partial charge in [-0.2, -0.15) is 0 Å². The van der Waals surface area contributed by atoms with Gasteiger partial charge in [-0.15, -0.1) is 0 Å². The van der Waals surface area contributed by atoms with Gasteiger partial charge in [-0.05, 0) is 37.6 Å². The molecule has 0 atom stereocenters. The number of benzene rings is 1. The van der Waals surface area contributed by atoms with Crippen LogP contribution in [0.5, 0.6) is 5.75 Å². The van der Waals surface area contributed by atoms with E-state index in [1.165, 1.54) is 0 Å². The maximum atomic E-state index is 12.1. The molecule has 0 fully saturated rings. The van der Waals surface area contributed by atoms with E-state index in [0.717, 1.165) is 35.9 Å². The van der Waals surface area contributed by atoms with Gasteiger partial charge in [-0.25, -0.2) is 4.98 Å². The summed E-state index contributed by atoms with van der Waals surface area (Å²) in [4.78, 5) is 16.6. The lowest BCUT2D eigenvalue weighted by Gasteiger charge is -2.12. The molecule has 5 nitrogen and oxygen atoms in total. The SMILES string of the molecule is COc1ccc(C(=O)NCCCc2oc(C(C)(C)C)nc2C)cc1. The summed E-state index contributed by atoms with van der Waals surface area (Å²) in [5.41, 5.74) is 1.47. The largest absolute Gasteiger partial charge is 0.497 e. The average Bonchev–Trinajstić information content (AvgIpc) is 2.93. The number of hydrogen-bond acceptors (Lipinski definition) is 4. The fourth-order valence-electron chi connectivity index (χ4n) is 2.28. The van der Waals surface area contributed by atoms with Crippen molar-refractivity contribution in [1.29, 1.82) is 0 Å². The van der Waals surface area contributed by atoms with Crippen LogP contribution in [0.4, 0.5) is 0 Å². The van der Waals surface area contributed by atoms with E-state index >= 15 is 0 Å². The molecular weight excluding hydrogens is 304 g/mol. The topological polar surface area (TPSA) is 64.4 Å². The number of aryl methyl sites for hydroxylation is 2. The molecule has 2 aromatic rings. The summed E-state index contributed by atoms with van der Waals surface area (Å²) in [6, 6.07) is 7.07. The van der Waals surface area contributed by atoms with Crippen molar-refractivity contribution in [2.24, 2.45) is 0 Å². The molecule has 5 heteroatoms. The van der Waals surface area contributed by atoms with Crippen LogP contribution in [-0.2, 0) is 11.8 Å². The van der Waals surface area contributed by atoms with Gasteiger partial charge in [0.15, 0.2) is 5.89 Å². The second-order valence-electron chi connectivity index (χ2n) is 6.87. The third kappa shape index (κ3) is 4.60. The molecule has 1 aromatic heterocycles. The predicted octanol–water partition coefficient (Wildman–Crippen LogP) is 3.65. The van der Waals surface area contributed by atoms with Crippen molar-refractivity contribution in [2.45, 2.75) is 46.0 Å². The molecule has 2 rings (SSSR count). The molecule has 0 radical (unpaired) electrons. The smallest absolute Gasteiger partial charge is 0.251 e. The molecule has 0 spiro atoms. The summed E-state index contributed by atoms with van der Waals surface area (Å²) in [5.74, 6) is 2.32. The van der Waals surface area contributed by atoms with E-state index in [0.29, 0.717) is 12.1 Å². The van der Waals surface area contributed by atoms with E-state index in [1.807, 2.05) is 6.92 Å². The van der Waals surface area contributed by atoms with Gasteiger partial charge in [0.25, 0.3) is 5.91 Å². The van der Waals surface area contributed by atoms with E-state index in [1.54, 1.807) is 31.4 Å². The summed E-state index contributed by atoms with van der Waals surface area (Å²) >= 11 is 0. The monoisotopic (exact) mass is 330 g/mol. The zero-order chi connectivity index (χ0) is 17.7. The Morgan fingerprint density at radius 3 is 2.46 bits per heavy atom. The van der Waals surface area contributed by atoms with Crippen molar-refractivity contribution in [3.05, 3.63) is 47.2 Å². The number of amides is 1. The molecule has 0 unspecified atom stereocenters. The lowest BCUT2D eigenvalue weighted by molar-refractivity contribution is 0.0953. The molecule has 0 aliphatic carbocycles. The highest BCUT2D eigenvalue weighted by Gasteiger charge is 2.22. The highest BCUT2D eigenvalue weighted by atomic mass is 16.5. The van der Waals surface area contributed by atoms with Gasteiger partial charge in [-0.3, -0.25) is 4.79 Å². The molecule has 130 valence electrons. The Morgan fingerprint density at radius 1 is 1.25 bits per heavy atom. The van der Waals surface area contributed by atoms with Gasteiger partial charge in [0.05, 0.1) is 12.8 Å². The first kappa shape index (κ1) is 18.0. The Bertz CT molecular complexity index is 682. The van der Waals surface area contributed by atoms with Crippen molar-refractivity contribution in [1.82, 2.24) is 10.3 Å². The van der Waals surface area contributed by atoms with E-state index in [-0.39, 0.29) is 11.3 Å². The van der Waals surface area contributed by atoms with E-state index < -0.39 is 0 Å². The van der Waals surface area contributed by atoms with Crippen LogP contribution in [0.1, 0.15) is 54.9 Å². The molecule has 1 aromatic carbocycles. The predicted molar refractivity (Wildman–Crippen MR) is 93.6 cm³/mol. The molecule has 24 heavy (non-hydrogen) atoms. The maximum absolute atomic E-state index is 12.1. The lowest BCUT2D eigenvalue weighted by atomic mass is 9.97. The first-order chi connectivity index (χ1) is 11.3. The van der Waals surface area contributed by atoms with Crippen LogP contribution in [0, 0.1) is 6.92 Å². The Morgan fingerprint density at radius 2 is 1.92 bits per heavy atom. The van der Waals surface area contributed by atoms with E-state index in [9.17, 15) is 4.79 Å². The number of ether oxygens (including phenoxy) is 1. The highest BCUT2D eigenvalue weighted by Crippen LogP contribution is 2.24. The van der Waals surface area contributed by atoms with Crippen LogP contribution < -0.4 is 10.1 Å². The van der Waals surface area contributed by atoms with Crippen LogP contribution >= 0.6 is 0 Å². The molecule has 1 heterocycles. The summed E-state index contributed by atoms with van der Waals surface area (Å²) in [6.07, 6.45) is 1.57. The molecular formula is C19H26N2O3. The number of oxazole rings is 1. The molecule has 1 amide bonds. The van der Waals surface area contributed by atoms with Gasteiger partial charge in [0.1, 0.15) is 11.5 Å². The van der Waals surface area contributed by atoms with Gasteiger partial charge < -0.3 is 14.5 Å². The Kier molecular flexibility index (Phi) is 5.65. The first-order valence-electron chi connectivity index (χ1n) is 8.20. The highest BCUT2D eigenvalue weighted by molar-refractivity contribution is 5.94. The van der Waals surface area contributed by atoms with Gasteiger partial charge in [0, 0.05) is 23.9 Å². The Balaban J connectivity index is 1.82. The van der Waals surface area contributed by atoms with Gasteiger partial charge in [-0.1, -0.05) is 20.8 Å². The van der Waals surface area contributed by atoms with Gasteiger partial charge in [0.2, 0.25) is 0 Å². The third-order valence-electron chi connectivity index (χ3n) is 3.75. The Hall–Kier alpha value is -2.30. The number of rotatable bonds is 6. The fourth-order valence-corrected chi connectivity index (χ4v) is 2.28. The van der Waals surface area contributed by atoms with E-state index in [4.69, 9.17) is 9.15 Å². The lowest BCUT2D eigenvalue weighted by Crippen LogP contribution is -2.24. The summed E-state index contributed by atoms with van der Waals surface area (Å²) < 4.78 is 10.9. The minimum absolute atomic E-state index is 0.0812. The number of nitrogens with one attached hydrogen (secondary N) is 1. The summed E-state index contributed by atoms with van der Waals surface area (Å²) in [5, 5.41) is 2.92. The van der Waals surface area contributed by atoms with Crippen molar-refractivity contribution in [3.8, 4) is 5.75 Å². The minimum Gasteiger partial charge on any atom is -0.497 e.